The van der Waals surface area contributed by atoms with Gasteiger partial charge < -0.3 is 16.3 Å². The van der Waals surface area contributed by atoms with E-state index in [0.717, 1.165) is 0 Å². The average Bonchev–Trinajstić information content (AvgIpc) is 2.11. The number of hydrogen-bond acceptors (Lipinski definition) is 3. The maximum Gasteiger partial charge on any atom is 0.319 e. The molecule has 0 aromatic heterocycles. The number of hydrogen-bond donors (Lipinski definition) is 3. The van der Waals surface area contributed by atoms with Crippen LogP contribution in [0.1, 0.15) is 6.42 Å². The van der Waals surface area contributed by atoms with Crippen LogP contribution in [-0.4, -0.2) is 36.5 Å². The van der Waals surface area contributed by atoms with Gasteiger partial charge in [-0.2, -0.15) is 8.78 Å². The second-order valence-electron chi connectivity index (χ2n) is 2.58. The first-order valence-electron chi connectivity index (χ1n) is 3.73. The minimum Gasteiger partial charge on any atom is -0.409 e. The van der Waals surface area contributed by atoms with Gasteiger partial charge in [0.1, 0.15) is 5.84 Å². The quantitative estimate of drug-likeness (QED) is 0.152. The van der Waals surface area contributed by atoms with Gasteiger partial charge in [0.15, 0.2) is 0 Å². The summed E-state index contributed by atoms with van der Waals surface area (Å²) < 4.78 is 47.6. The summed E-state index contributed by atoms with van der Waals surface area (Å²) in [5, 5.41) is 12.7. The third kappa shape index (κ3) is 4.85. The lowest BCUT2D eigenvalue weighted by Gasteiger charge is -2.15. The van der Waals surface area contributed by atoms with Crippen molar-refractivity contribution >= 4 is 5.84 Å². The number of nitrogens with two attached hydrogens (primary N) is 1. The van der Waals surface area contributed by atoms with Crippen molar-refractivity contribution in [1.82, 2.24) is 5.32 Å². The molecular weight excluding hydrogens is 206 g/mol. The highest BCUT2D eigenvalue weighted by atomic mass is 19.3. The van der Waals surface area contributed by atoms with E-state index in [0.29, 0.717) is 0 Å². The van der Waals surface area contributed by atoms with Gasteiger partial charge in [-0.05, 0) is 0 Å². The summed E-state index contributed by atoms with van der Waals surface area (Å²) in [5.74, 6) is -4.21. The molecule has 84 valence electrons. The van der Waals surface area contributed by atoms with E-state index in [4.69, 9.17) is 10.9 Å². The molecule has 14 heavy (non-hydrogen) atoms. The molecule has 0 bridgehead atoms. The van der Waals surface area contributed by atoms with Gasteiger partial charge in [0, 0.05) is 13.0 Å². The van der Waals surface area contributed by atoms with Gasteiger partial charge in [-0.25, -0.2) is 8.78 Å². The Balaban J connectivity index is 3.64. The van der Waals surface area contributed by atoms with Crippen LogP contribution in [0.25, 0.3) is 0 Å². The molecule has 0 amide bonds. The Hall–Kier alpha value is -1.05. The van der Waals surface area contributed by atoms with Crippen LogP contribution in [0.5, 0.6) is 0 Å². The summed E-state index contributed by atoms with van der Waals surface area (Å²) in [6, 6.07) is 0. The number of alkyl halides is 4. The van der Waals surface area contributed by atoms with Gasteiger partial charge in [0.05, 0.1) is 6.54 Å². The van der Waals surface area contributed by atoms with Gasteiger partial charge in [0.2, 0.25) is 0 Å². The van der Waals surface area contributed by atoms with Gasteiger partial charge in [0.25, 0.3) is 0 Å². The Morgan fingerprint density at radius 2 is 2.07 bits per heavy atom. The Morgan fingerprint density at radius 3 is 2.50 bits per heavy atom. The molecule has 0 aliphatic heterocycles. The van der Waals surface area contributed by atoms with Gasteiger partial charge >= 0.3 is 12.3 Å². The molecule has 0 aromatic rings. The number of rotatable bonds is 6. The first-order chi connectivity index (χ1) is 6.40. The van der Waals surface area contributed by atoms with Crippen molar-refractivity contribution in [2.45, 2.75) is 18.8 Å². The fourth-order valence-electron chi connectivity index (χ4n) is 0.599. The molecule has 0 unspecified atom stereocenters. The second kappa shape index (κ2) is 5.63. The number of nitrogens with zero attached hydrogens (tertiary/aromatic N) is 1. The molecule has 0 aliphatic carbocycles. The predicted molar refractivity (Wildman–Crippen MR) is 41.8 cm³/mol. The van der Waals surface area contributed by atoms with E-state index in [-0.39, 0.29) is 18.8 Å². The summed E-state index contributed by atoms with van der Waals surface area (Å²) in [6.45, 7) is -1.19. The molecule has 0 spiro atoms. The maximum absolute atomic E-state index is 12.2. The van der Waals surface area contributed by atoms with Crippen molar-refractivity contribution < 1.29 is 22.8 Å². The number of nitrogens with one attached hydrogen (secondary N) is 1. The second-order valence-corrected chi connectivity index (χ2v) is 2.58. The number of halogens is 4. The van der Waals surface area contributed by atoms with Crippen molar-refractivity contribution in [2.24, 2.45) is 10.9 Å². The highest BCUT2D eigenvalue weighted by Crippen LogP contribution is 2.21. The van der Waals surface area contributed by atoms with Crippen molar-refractivity contribution in [3.8, 4) is 0 Å². The highest BCUT2D eigenvalue weighted by molar-refractivity contribution is 5.79. The molecular formula is C6H11F4N3O. The van der Waals surface area contributed by atoms with E-state index in [1.807, 2.05) is 0 Å². The standard InChI is InChI=1S/C6H11F4N3O/c7-5(8)6(9,10)3-12-2-1-4(11)13-14/h5,12,14H,1-3H2,(H2,11,13). The van der Waals surface area contributed by atoms with Crippen LogP contribution in [0, 0.1) is 0 Å². The highest BCUT2D eigenvalue weighted by Gasteiger charge is 2.39. The smallest absolute Gasteiger partial charge is 0.319 e. The number of amidine groups is 1. The van der Waals surface area contributed by atoms with Crippen LogP contribution in [0.3, 0.4) is 0 Å². The molecule has 0 atom stereocenters. The van der Waals surface area contributed by atoms with E-state index < -0.39 is 18.9 Å². The van der Waals surface area contributed by atoms with E-state index >= 15 is 0 Å². The van der Waals surface area contributed by atoms with E-state index in [1.165, 1.54) is 0 Å². The van der Waals surface area contributed by atoms with E-state index in [1.54, 1.807) is 0 Å². The zero-order valence-corrected chi connectivity index (χ0v) is 7.18. The zero-order valence-electron chi connectivity index (χ0n) is 7.18. The topological polar surface area (TPSA) is 70.6 Å². The van der Waals surface area contributed by atoms with Crippen LogP contribution in [0.2, 0.25) is 0 Å². The minimum atomic E-state index is -4.05. The fraction of sp³-hybridized carbons (Fsp3) is 0.833. The Bertz CT molecular complexity index is 198. The molecule has 0 heterocycles. The fourth-order valence-corrected chi connectivity index (χ4v) is 0.599. The summed E-state index contributed by atoms with van der Waals surface area (Å²) in [6.07, 6.45) is -3.69. The summed E-state index contributed by atoms with van der Waals surface area (Å²) in [5.41, 5.74) is 5.01. The van der Waals surface area contributed by atoms with Gasteiger partial charge in [-0.15, -0.1) is 0 Å². The molecule has 0 rings (SSSR count). The molecule has 0 saturated carbocycles. The largest absolute Gasteiger partial charge is 0.409 e. The van der Waals surface area contributed by atoms with Crippen molar-refractivity contribution in [1.29, 1.82) is 0 Å². The third-order valence-corrected chi connectivity index (χ3v) is 1.37. The maximum atomic E-state index is 12.2. The summed E-state index contributed by atoms with van der Waals surface area (Å²) >= 11 is 0. The monoisotopic (exact) mass is 217 g/mol. The first-order valence-corrected chi connectivity index (χ1v) is 3.73. The van der Waals surface area contributed by atoms with Crippen molar-refractivity contribution in [2.75, 3.05) is 13.1 Å². The van der Waals surface area contributed by atoms with Gasteiger partial charge in [-0.3, -0.25) is 0 Å². The van der Waals surface area contributed by atoms with Crippen molar-refractivity contribution in [3.63, 3.8) is 0 Å². The molecule has 0 aliphatic rings. The number of oxime groups is 1. The normalized spacial score (nSPS) is 13.6. The van der Waals surface area contributed by atoms with Crippen molar-refractivity contribution in [3.05, 3.63) is 0 Å². The molecule has 0 fully saturated rings. The summed E-state index contributed by atoms with van der Waals surface area (Å²) in [7, 11) is 0. The lowest BCUT2D eigenvalue weighted by Crippen LogP contribution is -2.39. The molecule has 0 radical (unpaired) electrons. The Morgan fingerprint density at radius 1 is 1.50 bits per heavy atom. The SMILES string of the molecule is NC(CCNCC(F)(F)C(F)F)=NO. The van der Waals surface area contributed by atoms with Crippen LogP contribution in [-0.2, 0) is 0 Å². The molecule has 0 aromatic carbocycles. The van der Waals surface area contributed by atoms with Crippen LogP contribution >= 0.6 is 0 Å². The molecule has 4 N–H and O–H groups in total. The minimum absolute atomic E-state index is 0.00974. The van der Waals surface area contributed by atoms with E-state index in [9.17, 15) is 17.6 Å². The zero-order chi connectivity index (χ0) is 11.2. The average molecular weight is 217 g/mol. The van der Waals surface area contributed by atoms with Gasteiger partial charge in [-0.1, -0.05) is 5.16 Å². The third-order valence-electron chi connectivity index (χ3n) is 1.37. The van der Waals surface area contributed by atoms with Crippen LogP contribution < -0.4 is 11.1 Å². The molecule has 0 saturated heterocycles. The first kappa shape index (κ1) is 12.9. The van der Waals surface area contributed by atoms with Crippen LogP contribution in [0.15, 0.2) is 5.16 Å². The Kier molecular flexibility index (Phi) is 5.21. The Labute approximate surface area is 77.8 Å². The predicted octanol–water partition coefficient (Wildman–Crippen LogP) is 0.613. The summed E-state index contributed by atoms with van der Waals surface area (Å²) in [4.78, 5) is 0. The lowest BCUT2D eigenvalue weighted by molar-refractivity contribution is -0.125. The molecule has 8 heteroatoms. The lowest BCUT2D eigenvalue weighted by atomic mass is 10.3. The van der Waals surface area contributed by atoms with Crippen LogP contribution in [0.4, 0.5) is 17.6 Å². The van der Waals surface area contributed by atoms with E-state index in [2.05, 4.69) is 10.5 Å². The molecule has 4 nitrogen and oxygen atoms in total.